The Kier molecular flexibility index (Phi) is 6.78. The number of hydrogen-bond acceptors (Lipinski definition) is 7. The summed E-state index contributed by atoms with van der Waals surface area (Å²) in [7, 11) is 0. The summed E-state index contributed by atoms with van der Waals surface area (Å²) >= 11 is 0. The largest absolute Gasteiger partial charge is 0.387 e. The third-order valence-electron chi connectivity index (χ3n) is 6.12. The van der Waals surface area contributed by atoms with E-state index in [0.717, 1.165) is 24.9 Å². The number of hydrogen-bond donors (Lipinski definition) is 2. The van der Waals surface area contributed by atoms with Crippen LogP contribution in [0.25, 0.3) is 16.9 Å². The van der Waals surface area contributed by atoms with Gasteiger partial charge in [0.1, 0.15) is 29.4 Å². The fraction of sp³-hybridized carbons (Fsp3) is 0.185. The Morgan fingerprint density at radius 2 is 2.08 bits per heavy atom. The van der Waals surface area contributed by atoms with Crippen molar-refractivity contribution in [2.45, 2.75) is 24.9 Å². The molecule has 4 aromatic rings. The van der Waals surface area contributed by atoms with Crippen LogP contribution in [0.1, 0.15) is 30.1 Å². The summed E-state index contributed by atoms with van der Waals surface area (Å²) < 4.78 is 17.3. The molecule has 2 aliphatic heterocycles. The highest BCUT2D eigenvalue weighted by molar-refractivity contribution is 5.80. The monoisotopic (exact) mass is 497 g/mol. The van der Waals surface area contributed by atoms with E-state index in [0.29, 0.717) is 22.6 Å². The number of terminal acetylenes is 1. The maximum Gasteiger partial charge on any atom is 0.234 e. The van der Waals surface area contributed by atoms with Gasteiger partial charge in [-0.15, -0.1) is 6.42 Å². The summed E-state index contributed by atoms with van der Waals surface area (Å²) in [5.41, 5.74) is 7.74. The molecule has 0 aliphatic carbocycles. The first kappa shape index (κ1) is 24.0. The Labute approximate surface area is 212 Å². The number of carbonyl (C=O) groups is 1. The Hall–Kier alpha value is -4.75. The van der Waals surface area contributed by atoms with Gasteiger partial charge in [0, 0.05) is 29.7 Å². The van der Waals surface area contributed by atoms with Crippen molar-refractivity contribution in [2.75, 3.05) is 11.6 Å². The molecule has 37 heavy (non-hydrogen) atoms. The highest BCUT2D eigenvalue weighted by Crippen LogP contribution is 2.38. The average molecular weight is 498 g/mol. The fourth-order valence-corrected chi connectivity index (χ4v) is 4.35. The average Bonchev–Trinajstić information content (AvgIpc) is 3.70. The smallest absolute Gasteiger partial charge is 0.234 e. The molecule has 2 atom stereocenters. The van der Waals surface area contributed by atoms with Gasteiger partial charge in [-0.1, -0.05) is 12.1 Å². The van der Waals surface area contributed by atoms with E-state index in [1.165, 1.54) is 11.3 Å². The summed E-state index contributed by atoms with van der Waals surface area (Å²) in [4.78, 5) is 24.5. The molecule has 1 fully saturated rings. The summed E-state index contributed by atoms with van der Waals surface area (Å²) in [5.74, 6) is 1.83. The Morgan fingerprint density at radius 3 is 2.78 bits per heavy atom. The van der Waals surface area contributed by atoms with E-state index in [4.69, 9.17) is 17.0 Å². The SMILES string of the molecule is C#Cc1nc2cccnn2c1-c1cccc(N2OC=C[C@H]2c2cccnc2)c1F.NC(=O)C1CCCN1. The molecule has 1 amide bonds. The van der Waals surface area contributed by atoms with Crippen LogP contribution >= 0.6 is 0 Å². The number of halogens is 1. The lowest BCUT2D eigenvalue weighted by molar-refractivity contribution is -0.119. The minimum absolute atomic E-state index is 0.0463. The van der Waals surface area contributed by atoms with E-state index in [1.807, 2.05) is 18.2 Å². The van der Waals surface area contributed by atoms with Crippen molar-refractivity contribution >= 4 is 17.2 Å². The number of anilines is 1. The lowest BCUT2D eigenvalue weighted by Crippen LogP contribution is -2.36. The number of fused-ring (bicyclic) bond motifs is 1. The van der Waals surface area contributed by atoms with Crippen LogP contribution in [0.2, 0.25) is 0 Å². The van der Waals surface area contributed by atoms with Gasteiger partial charge in [-0.25, -0.2) is 13.9 Å². The van der Waals surface area contributed by atoms with Crippen molar-refractivity contribution < 1.29 is 14.0 Å². The molecule has 186 valence electrons. The molecule has 1 saturated heterocycles. The molecule has 0 radical (unpaired) electrons. The molecule has 0 bridgehead atoms. The molecule has 1 aromatic carbocycles. The van der Waals surface area contributed by atoms with Crippen LogP contribution in [-0.4, -0.2) is 38.1 Å². The van der Waals surface area contributed by atoms with Gasteiger partial charge in [-0.05, 0) is 61.7 Å². The van der Waals surface area contributed by atoms with Gasteiger partial charge < -0.3 is 15.9 Å². The summed E-state index contributed by atoms with van der Waals surface area (Å²) in [6.07, 6.45) is 16.0. The minimum Gasteiger partial charge on any atom is -0.387 e. The number of aromatic nitrogens is 4. The van der Waals surface area contributed by atoms with Crippen molar-refractivity contribution in [2.24, 2.45) is 5.73 Å². The number of hydroxylamine groups is 1. The molecule has 10 heteroatoms. The van der Waals surface area contributed by atoms with Crippen molar-refractivity contribution in [3.63, 3.8) is 0 Å². The molecule has 0 spiro atoms. The zero-order chi connectivity index (χ0) is 25.8. The Bertz CT molecular complexity index is 1490. The summed E-state index contributed by atoms with van der Waals surface area (Å²) in [5, 5.41) is 8.77. The van der Waals surface area contributed by atoms with Crippen molar-refractivity contribution in [3.05, 3.63) is 90.5 Å². The molecular formula is C27H24FN7O2. The topological polar surface area (TPSA) is 111 Å². The van der Waals surface area contributed by atoms with Gasteiger partial charge in [0.2, 0.25) is 5.91 Å². The predicted octanol–water partition coefficient (Wildman–Crippen LogP) is 3.14. The third-order valence-corrected chi connectivity index (χ3v) is 6.12. The first-order valence-electron chi connectivity index (χ1n) is 11.7. The maximum absolute atomic E-state index is 15.7. The van der Waals surface area contributed by atoms with Gasteiger partial charge in [0.15, 0.2) is 11.5 Å². The van der Waals surface area contributed by atoms with Crippen molar-refractivity contribution in [1.29, 1.82) is 0 Å². The predicted molar refractivity (Wildman–Crippen MR) is 136 cm³/mol. The normalized spacial score (nSPS) is 18.2. The number of amides is 1. The van der Waals surface area contributed by atoms with E-state index in [2.05, 4.69) is 26.3 Å². The van der Waals surface area contributed by atoms with Gasteiger partial charge in [-0.2, -0.15) is 10.2 Å². The van der Waals surface area contributed by atoms with Crippen molar-refractivity contribution in [3.8, 4) is 23.6 Å². The second kappa shape index (κ2) is 10.5. The van der Waals surface area contributed by atoms with Gasteiger partial charge in [0.05, 0.1) is 6.04 Å². The molecule has 3 N–H and O–H groups in total. The zero-order valence-corrected chi connectivity index (χ0v) is 19.8. The van der Waals surface area contributed by atoms with Crippen LogP contribution in [0, 0.1) is 18.2 Å². The molecule has 3 aromatic heterocycles. The second-order valence-electron chi connectivity index (χ2n) is 8.43. The summed E-state index contributed by atoms with van der Waals surface area (Å²) in [6, 6.07) is 12.0. The van der Waals surface area contributed by atoms with Gasteiger partial charge >= 0.3 is 0 Å². The van der Waals surface area contributed by atoms with Crippen LogP contribution in [0.15, 0.2) is 73.4 Å². The number of benzene rings is 1. The first-order chi connectivity index (χ1) is 18.1. The second-order valence-corrected chi connectivity index (χ2v) is 8.43. The minimum atomic E-state index is -0.478. The molecule has 5 heterocycles. The van der Waals surface area contributed by atoms with E-state index in [1.54, 1.807) is 53.4 Å². The van der Waals surface area contributed by atoms with Gasteiger partial charge in [-0.3, -0.25) is 9.78 Å². The number of rotatable bonds is 4. The van der Waals surface area contributed by atoms with Crippen LogP contribution in [0.4, 0.5) is 10.1 Å². The third kappa shape index (κ3) is 4.72. The van der Waals surface area contributed by atoms with Gasteiger partial charge in [0.25, 0.3) is 0 Å². The summed E-state index contributed by atoms with van der Waals surface area (Å²) in [6.45, 7) is 0.938. The fourth-order valence-electron chi connectivity index (χ4n) is 4.35. The van der Waals surface area contributed by atoms with Crippen LogP contribution < -0.4 is 16.1 Å². The lowest BCUT2D eigenvalue weighted by Gasteiger charge is -2.25. The quantitative estimate of drug-likeness (QED) is 0.417. The number of carbonyl (C=O) groups excluding carboxylic acids is 1. The van der Waals surface area contributed by atoms with Crippen molar-refractivity contribution in [1.82, 2.24) is 24.9 Å². The number of nitrogens with one attached hydrogen (secondary N) is 1. The molecule has 2 aliphatic rings. The molecule has 1 unspecified atom stereocenters. The molecule has 6 rings (SSSR count). The highest BCUT2D eigenvalue weighted by Gasteiger charge is 2.29. The van der Waals surface area contributed by atoms with Crippen LogP contribution in [-0.2, 0) is 9.63 Å². The number of nitrogens with zero attached hydrogens (tertiary/aromatic N) is 5. The molecule has 9 nitrogen and oxygen atoms in total. The molecular weight excluding hydrogens is 473 g/mol. The van der Waals surface area contributed by atoms with E-state index in [-0.39, 0.29) is 23.7 Å². The standard InChI is InChI=1S/C22H14FN5O.C5H10N2O/c1-2-17-22(27-20(26-17)9-5-12-25-27)16-7-3-8-19(21(16)23)28-18(10-13-29-28)15-6-4-11-24-14-15;6-5(8)4-2-1-3-7-4/h1,3-14,18H;4,7H,1-3H2,(H2,6,8)/t18-;/m0./s1. The zero-order valence-electron chi connectivity index (χ0n) is 19.8. The first-order valence-corrected chi connectivity index (χ1v) is 11.7. The Balaban J connectivity index is 0.000000301. The number of primary amides is 1. The van der Waals surface area contributed by atoms with E-state index in [9.17, 15) is 4.79 Å². The van der Waals surface area contributed by atoms with Crippen LogP contribution in [0.5, 0.6) is 0 Å². The van der Waals surface area contributed by atoms with E-state index >= 15 is 4.39 Å². The highest BCUT2D eigenvalue weighted by atomic mass is 19.1. The lowest BCUT2D eigenvalue weighted by atomic mass is 10.1. The van der Waals surface area contributed by atoms with E-state index < -0.39 is 5.82 Å². The maximum atomic E-state index is 15.7. The van der Waals surface area contributed by atoms with Crippen LogP contribution in [0.3, 0.4) is 0 Å². The molecule has 0 saturated carbocycles. The Morgan fingerprint density at radius 1 is 1.22 bits per heavy atom. The number of pyridine rings is 1. The number of nitrogens with two attached hydrogens (primary N) is 1. The number of imidazole rings is 1.